The Morgan fingerprint density at radius 2 is 2.12 bits per heavy atom. The summed E-state index contributed by atoms with van der Waals surface area (Å²) in [6, 6.07) is 0. The molecule has 2 aromatic heterocycles. The van der Waals surface area contributed by atoms with E-state index in [2.05, 4.69) is 20.4 Å². The van der Waals surface area contributed by atoms with Crippen molar-refractivity contribution in [3.05, 3.63) is 29.1 Å². The Kier molecular flexibility index (Phi) is 4.06. The van der Waals surface area contributed by atoms with E-state index in [4.69, 9.17) is 0 Å². The van der Waals surface area contributed by atoms with Gasteiger partial charge in [0.05, 0.1) is 5.69 Å². The predicted molar refractivity (Wildman–Crippen MR) is 77.2 cm³/mol. The Morgan fingerprint density at radius 1 is 1.38 bits per heavy atom. The van der Waals surface area contributed by atoms with E-state index in [9.17, 15) is 18.0 Å². The van der Waals surface area contributed by atoms with Crippen LogP contribution >= 0.6 is 0 Å². The molecule has 10 heteroatoms. The quantitative estimate of drug-likeness (QED) is 0.904. The number of nitrogens with one attached hydrogen (secondary N) is 1. The smallest absolute Gasteiger partial charge is 0.337 e. The third-order valence-corrected chi connectivity index (χ3v) is 4.20. The lowest BCUT2D eigenvalue weighted by Crippen LogP contribution is -2.40. The van der Waals surface area contributed by atoms with Gasteiger partial charge in [0.25, 0.3) is 5.91 Å². The molecule has 0 spiro atoms. The summed E-state index contributed by atoms with van der Waals surface area (Å²) in [5, 5.41) is 10.1. The van der Waals surface area contributed by atoms with Crippen molar-refractivity contribution in [2.24, 2.45) is 7.05 Å². The maximum Gasteiger partial charge on any atom is 0.434 e. The number of H-pyrrole nitrogens is 1. The molecular formula is C14H17F3N6O. The maximum absolute atomic E-state index is 12.8. The van der Waals surface area contributed by atoms with Crippen molar-refractivity contribution in [1.82, 2.24) is 29.9 Å². The van der Waals surface area contributed by atoms with E-state index < -0.39 is 11.9 Å². The number of aromatic nitrogens is 5. The molecular weight excluding hydrogens is 325 g/mol. The number of carbonyl (C=O) groups excluding carboxylic acids is 1. The van der Waals surface area contributed by atoms with Crippen molar-refractivity contribution in [2.45, 2.75) is 31.9 Å². The minimum absolute atomic E-state index is 0.240. The molecule has 1 fully saturated rings. The number of amides is 1. The van der Waals surface area contributed by atoms with Gasteiger partial charge in [0.1, 0.15) is 5.82 Å². The van der Waals surface area contributed by atoms with Crippen LogP contribution in [0.4, 0.5) is 13.2 Å². The second kappa shape index (κ2) is 5.91. The molecule has 1 saturated heterocycles. The standard InChI is InChI=1S/C14H17F3N6O/c1-8-11(20-21-19-8)13(24)23-5-3-4-9(6-23)12-18-10(7-22(12)2)14(15,16)17/h7,9H,3-6H2,1-2H3,(H,19,20,21)/t9-/m1/s1. The van der Waals surface area contributed by atoms with Crippen LogP contribution in [0, 0.1) is 6.92 Å². The van der Waals surface area contributed by atoms with Crippen molar-refractivity contribution in [1.29, 1.82) is 0 Å². The molecule has 2 aromatic rings. The van der Waals surface area contributed by atoms with Crippen LogP contribution in [-0.2, 0) is 13.2 Å². The summed E-state index contributed by atoms with van der Waals surface area (Å²) in [7, 11) is 1.54. The highest BCUT2D eigenvalue weighted by molar-refractivity contribution is 5.93. The monoisotopic (exact) mass is 342 g/mol. The van der Waals surface area contributed by atoms with Gasteiger partial charge in [0, 0.05) is 32.3 Å². The number of hydrogen-bond acceptors (Lipinski definition) is 4. The minimum atomic E-state index is -4.47. The van der Waals surface area contributed by atoms with E-state index in [1.165, 1.54) is 4.57 Å². The molecule has 1 N–H and O–H groups in total. The molecule has 1 aliphatic rings. The first kappa shape index (κ1) is 16.5. The molecule has 130 valence electrons. The largest absolute Gasteiger partial charge is 0.434 e. The maximum atomic E-state index is 12.8. The fourth-order valence-electron chi connectivity index (χ4n) is 3.01. The molecule has 0 aromatic carbocycles. The first-order chi connectivity index (χ1) is 11.3. The van der Waals surface area contributed by atoms with Crippen LogP contribution in [0.5, 0.6) is 0 Å². The number of nitrogens with zero attached hydrogens (tertiary/aromatic N) is 5. The van der Waals surface area contributed by atoms with E-state index >= 15 is 0 Å². The van der Waals surface area contributed by atoms with Gasteiger partial charge in [-0.3, -0.25) is 4.79 Å². The van der Waals surface area contributed by atoms with Gasteiger partial charge in [0.15, 0.2) is 11.4 Å². The number of rotatable bonds is 2. The number of likely N-dealkylation sites (tertiary alicyclic amines) is 1. The second-order valence-electron chi connectivity index (χ2n) is 5.94. The van der Waals surface area contributed by atoms with Crippen LogP contribution in [-0.4, -0.2) is 48.9 Å². The van der Waals surface area contributed by atoms with Crippen molar-refractivity contribution in [2.75, 3.05) is 13.1 Å². The molecule has 0 bridgehead atoms. The van der Waals surface area contributed by atoms with E-state index in [1.807, 2.05) is 0 Å². The molecule has 3 heterocycles. The lowest BCUT2D eigenvalue weighted by atomic mass is 9.97. The van der Waals surface area contributed by atoms with Gasteiger partial charge in [-0.25, -0.2) is 4.98 Å². The number of alkyl halides is 3. The molecule has 0 aliphatic carbocycles. The summed E-state index contributed by atoms with van der Waals surface area (Å²) in [5.74, 6) is -0.163. The highest BCUT2D eigenvalue weighted by Crippen LogP contribution is 2.32. The van der Waals surface area contributed by atoms with Gasteiger partial charge in [-0.1, -0.05) is 0 Å². The molecule has 1 atom stereocenters. The number of imidazole rings is 1. The van der Waals surface area contributed by atoms with E-state index in [0.717, 1.165) is 6.20 Å². The van der Waals surface area contributed by atoms with Gasteiger partial charge < -0.3 is 9.47 Å². The molecule has 3 rings (SSSR count). The van der Waals surface area contributed by atoms with Gasteiger partial charge >= 0.3 is 6.18 Å². The Morgan fingerprint density at radius 3 is 2.71 bits per heavy atom. The van der Waals surface area contributed by atoms with Crippen molar-refractivity contribution >= 4 is 5.91 Å². The SMILES string of the molecule is Cc1n[nH]nc1C(=O)N1CCC[C@@H](c2nc(C(F)(F)F)cn2C)C1. The van der Waals surface area contributed by atoms with Gasteiger partial charge in [-0.2, -0.15) is 28.6 Å². The normalized spacial score (nSPS) is 18.9. The zero-order valence-corrected chi connectivity index (χ0v) is 13.3. The molecule has 7 nitrogen and oxygen atoms in total. The zero-order chi connectivity index (χ0) is 17.5. The summed E-state index contributed by atoms with van der Waals surface area (Å²) < 4.78 is 39.9. The predicted octanol–water partition coefficient (Wildman–Crippen LogP) is 1.89. The third-order valence-electron chi connectivity index (χ3n) is 4.20. The highest BCUT2D eigenvalue weighted by atomic mass is 19.4. The van der Waals surface area contributed by atoms with Crippen molar-refractivity contribution in [3.63, 3.8) is 0 Å². The fraction of sp³-hybridized carbons (Fsp3) is 0.571. The first-order valence-corrected chi connectivity index (χ1v) is 7.54. The lowest BCUT2D eigenvalue weighted by molar-refractivity contribution is -0.141. The average molecular weight is 342 g/mol. The molecule has 24 heavy (non-hydrogen) atoms. The Labute approximate surface area is 135 Å². The number of aromatic amines is 1. The Bertz CT molecular complexity index is 750. The first-order valence-electron chi connectivity index (χ1n) is 7.54. The van der Waals surface area contributed by atoms with Crippen molar-refractivity contribution < 1.29 is 18.0 Å². The van der Waals surface area contributed by atoms with Crippen LogP contribution in [0.25, 0.3) is 0 Å². The zero-order valence-electron chi connectivity index (χ0n) is 13.3. The van der Waals surface area contributed by atoms with Crippen LogP contribution in [0.1, 0.15) is 46.5 Å². The second-order valence-corrected chi connectivity index (χ2v) is 5.94. The minimum Gasteiger partial charge on any atom is -0.337 e. The van der Waals surface area contributed by atoms with Gasteiger partial charge in [-0.15, -0.1) is 0 Å². The third kappa shape index (κ3) is 3.00. The average Bonchev–Trinajstić information content (AvgIpc) is 3.12. The van der Waals surface area contributed by atoms with Gasteiger partial charge in [-0.05, 0) is 19.8 Å². The Hall–Kier alpha value is -2.39. The summed E-state index contributed by atoms with van der Waals surface area (Å²) in [5.41, 5.74) is -0.166. The number of carbonyl (C=O) groups is 1. The molecule has 1 amide bonds. The lowest BCUT2D eigenvalue weighted by Gasteiger charge is -2.32. The summed E-state index contributed by atoms with van der Waals surface area (Å²) in [6.07, 6.45) is -2.11. The van der Waals surface area contributed by atoms with Crippen LogP contribution in [0.3, 0.4) is 0 Å². The molecule has 0 radical (unpaired) electrons. The number of aryl methyl sites for hydroxylation is 2. The summed E-state index contributed by atoms with van der Waals surface area (Å²) in [6.45, 7) is 2.53. The van der Waals surface area contributed by atoms with Crippen molar-refractivity contribution in [3.8, 4) is 0 Å². The van der Waals surface area contributed by atoms with Gasteiger partial charge in [0.2, 0.25) is 0 Å². The van der Waals surface area contributed by atoms with Crippen LogP contribution in [0.2, 0.25) is 0 Å². The molecule has 0 unspecified atom stereocenters. The number of piperidine rings is 1. The topological polar surface area (TPSA) is 79.7 Å². The number of hydrogen-bond donors (Lipinski definition) is 1. The number of halogens is 3. The van der Waals surface area contributed by atoms with Crippen LogP contribution in [0.15, 0.2) is 6.20 Å². The highest BCUT2D eigenvalue weighted by Gasteiger charge is 2.36. The van der Waals surface area contributed by atoms with E-state index in [-0.39, 0.29) is 17.5 Å². The van der Waals surface area contributed by atoms with Crippen LogP contribution < -0.4 is 0 Å². The molecule has 0 saturated carbocycles. The molecule has 1 aliphatic heterocycles. The Balaban J connectivity index is 1.80. The van der Waals surface area contributed by atoms with E-state index in [0.29, 0.717) is 37.4 Å². The summed E-state index contributed by atoms with van der Waals surface area (Å²) in [4.78, 5) is 17.8. The summed E-state index contributed by atoms with van der Waals surface area (Å²) >= 11 is 0. The fourth-order valence-corrected chi connectivity index (χ4v) is 3.01. The van der Waals surface area contributed by atoms with E-state index in [1.54, 1.807) is 18.9 Å².